The molecule has 0 atom stereocenters. The van der Waals surface area contributed by atoms with Gasteiger partial charge in [-0.3, -0.25) is 14.5 Å². The molecule has 4 heteroatoms. The smallest absolute Gasteiger partial charge is 0.278 e. The van der Waals surface area contributed by atoms with E-state index in [2.05, 4.69) is 30.9 Å². The number of hydrogen-bond donors (Lipinski definition) is 0. The van der Waals surface area contributed by atoms with E-state index >= 15 is 0 Å². The second-order valence-corrected chi connectivity index (χ2v) is 8.70. The number of nitrogens with zero attached hydrogens (tertiary/aromatic N) is 2. The van der Waals surface area contributed by atoms with Gasteiger partial charge in [0.1, 0.15) is 5.70 Å². The van der Waals surface area contributed by atoms with Gasteiger partial charge >= 0.3 is 0 Å². The monoisotopic (exact) mass is 380 g/mol. The molecule has 2 fully saturated rings. The van der Waals surface area contributed by atoms with Crippen molar-refractivity contribution in [3.63, 3.8) is 0 Å². The molecule has 0 unspecified atom stereocenters. The van der Waals surface area contributed by atoms with Crippen molar-refractivity contribution in [2.24, 2.45) is 0 Å². The summed E-state index contributed by atoms with van der Waals surface area (Å²) in [4.78, 5) is 30.9. The molecule has 0 bridgehead atoms. The Labute approximate surface area is 168 Å². The van der Waals surface area contributed by atoms with Gasteiger partial charge in [0.15, 0.2) is 0 Å². The van der Waals surface area contributed by atoms with E-state index in [4.69, 9.17) is 0 Å². The molecule has 150 valence electrons. The third-order valence-electron chi connectivity index (χ3n) is 6.75. The van der Waals surface area contributed by atoms with Gasteiger partial charge in [0.05, 0.1) is 5.57 Å². The topological polar surface area (TPSA) is 40.6 Å². The highest BCUT2D eigenvalue weighted by atomic mass is 16.2. The Morgan fingerprint density at radius 1 is 0.786 bits per heavy atom. The molecule has 2 aliphatic heterocycles. The molecule has 28 heavy (non-hydrogen) atoms. The summed E-state index contributed by atoms with van der Waals surface area (Å²) in [6.45, 7) is 5.91. The number of carbonyl (C=O) groups is 2. The van der Waals surface area contributed by atoms with Gasteiger partial charge in [0.2, 0.25) is 0 Å². The zero-order chi connectivity index (χ0) is 19.7. The molecule has 0 N–H and O–H groups in total. The molecule has 2 amide bonds. The number of amides is 2. The van der Waals surface area contributed by atoms with E-state index in [1.807, 2.05) is 6.07 Å². The van der Waals surface area contributed by atoms with Gasteiger partial charge in [-0.25, -0.2) is 0 Å². The zero-order valence-electron chi connectivity index (χ0n) is 17.3. The summed E-state index contributed by atoms with van der Waals surface area (Å²) in [5.41, 5.74) is 4.57. The van der Waals surface area contributed by atoms with E-state index in [1.54, 1.807) is 4.90 Å². The highest BCUT2D eigenvalue weighted by molar-refractivity contribution is 6.35. The van der Waals surface area contributed by atoms with Crippen LogP contribution in [0.25, 0.3) is 5.57 Å². The standard InChI is InChI=1S/C24H32N2O2/c1-17-12-13-19(16-18(17)2)21-22(25-14-8-9-15-25)24(28)26(23(21)27)20-10-6-4-3-5-7-11-20/h12-13,16,20H,3-11,14-15H2,1-2H3. The van der Waals surface area contributed by atoms with Crippen LogP contribution >= 0.6 is 0 Å². The van der Waals surface area contributed by atoms with E-state index in [0.717, 1.165) is 62.7 Å². The maximum atomic E-state index is 13.6. The molecular formula is C24H32N2O2. The summed E-state index contributed by atoms with van der Waals surface area (Å²) in [6.07, 6.45) is 10.0. The second-order valence-electron chi connectivity index (χ2n) is 8.70. The Morgan fingerprint density at radius 3 is 2.07 bits per heavy atom. The lowest BCUT2D eigenvalue weighted by Crippen LogP contribution is -2.42. The Bertz CT molecular complexity index is 797. The summed E-state index contributed by atoms with van der Waals surface area (Å²) in [5, 5.41) is 0. The average molecular weight is 381 g/mol. The van der Waals surface area contributed by atoms with Crippen molar-refractivity contribution in [2.75, 3.05) is 13.1 Å². The van der Waals surface area contributed by atoms with Crippen molar-refractivity contribution >= 4 is 17.4 Å². The van der Waals surface area contributed by atoms with E-state index in [1.165, 1.54) is 24.8 Å². The molecule has 1 saturated heterocycles. The van der Waals surface area contributed by atoms with Crippen molar-refractivity contribution < 1.29 is 9.59 Å². The fourth-order valence-corrected chi connectivity index (χ4v) is 4.95. The van der Waals surface area contributed by atoms with Crippen LogP contribution in [0.15, 0.2) is 23.9 Å². The summed E-state index contributed by atoms with van der Waals surface area (Å²) >= 11 is 0. The third-order valence-corrected chi connectivity index (χ3v) is 6.75. The lowest BCUT2D eigenvalue weighted by Gasteiger charge is -2.29. The summed E-state index contributed by atoms with van der Waals surface area (Å²) in [7, 11) is 0. The van der Waals surface area contributed by atoms with Gasteiger partial charge in [-0.2, -0.15) is 0 Å². The fraction of sp³-hybridized carbons (Fsp3) is 0.583. The molecule has 4 nitrogen and oxygen atoms in total. The van der Waals surface area contributed by atoms with Crippen LogP contribution in [0.4, 0.5) is 0 Å². The minimum atomic E-state index is -0.0688. The second kappa shape index (κ2) is 8.10. The van der Waals surface area contributed by atoms with Crippen molar-refractivity contribution in [1.82, 2.24) is 9.80 Å². The predicted molar refractivity (Wildman–Crippen MR) is 112 cm³/mol. The minimum Gasteiger partial charge on any atom is -0.366 e. The van der Waals surface area contributed by atoms with Crippen LogP contribution in [0.1, 0.15) is 74.5 Å². The van der Waals surface area contributed by atoms with Crippen molar-refractivity contribution in [2.45, 2.75) is 77.7 Å². The van der Waals surface area contributed by atoms with Crippen LogP contribution in [-0.2, 0) is 9.59 Å². The van der Waals surface area contributed by atoms with Crippen LogP contribution < -0.4 is 0 Å². The van der Waals surface area contributed by atoms with Gasteiger partial charge in [0.25, 0.3) is 11.8 Å². The first-order chi connectivity index (χ1) is 13.6. The number of likely N-dealkylation sites (tertiary alicyclic amines) is 1. The first kappa shape index (κ1) is 19.2. The normalized spacial score (nSPS) is 22.2. The molecule has 4 rings (SSSR count). The molecule has 0 aromatic heterocycles. The maximum Gasteiger partial charge on any atom is 0.278 e. The molecule has 1 aliphatic carbocycles. The van der Waals surface area contributed by atoms with Crippen molar-refractivity contribution in [3.05, 3.63) is 40.6 Å². The minimum absolute atomic E-state index is 0.0503. The lowest BCUT2D eigenvalue weighted by atomic mass is 9.95. The molecule has 1 aromatic rings. The molecule has 2 heterocycles. The first-order valence-electron chi connectivity index (χ1n) is 11.0. The van der Waals surface area contributed by atoms with Crippen LogP contribution in [0.5, 0.6) is 0 Å². The highest BCUT2D eigenvalue weighted by Crippen LogP contribution is 2.37. The maximum absolute atomic E-state index is 13.6. The predicted octanol–water partition coefficient (Wildman–Crippen LogP) is 4.59. The Morgan fingerprint density at radius 2 is 1.43 bits per heavy atom. The largest absolute Gasteiger partial charge is 0.366 e. The SMILES string of the molecule is Cc1ccc(C2=C(N3CCCC3)C(=O)N(C3CCCCCCC3)C2=O)cc1C. The molecule has 3 aliphatic rings. The number of aryl methyl sites for hydroxylation is 2. The van der Waals surface area contributed by atoms with Crippen molar-refractivity contribution in [3.8, 4) is 0 Å². The number of imide groups is 1. The van der Waals surface area contributed by atoms with E-state index in [-0.39, 0.29) is 17.9 Å². The van der Waals surface area contributed by atoms with Crippen LogP contribution in [-0.4, -0.2) is 40.7 Å². The van der Waals surface area contributed by atoms with Gasteiger partial charge < -0.3 is 4.90 Å². The van der Waals surface area contributed by atoms with Crippen LogP contribution in [0.2, 0.25) is 0 Å². The van der Waals surface area contributed by atoms with Crippen LogP contribution in [0.3, 0.4) is 0 Å². The van der Waals surface area contributed by atoms with Crippen molar-refractivity contribution in [1.29, 1.82) is 0 Å². The Kier molecular flexibility index (Phi) is 5.56. The molecule has 0 radical (unpaired) electrons. The number of benzene rings is 1. The Balaban J connectivity index is 1.73. The quantitative estimate of drug-likeness (QED) is 0.720. The summed E-state index contributed by atoms with van der Waals surface area (Å²) in [6, 6.07) is 6.21. The van der Waals surface area contributed by atoms with Gasteiger partial charge in [-0.1, -0.05) is 50.3 Å². The summed E-state index contributed by atoms with van der Waals surface area (Å²) in [5.74, 6) is -0.119. The van der Waals surface area contributed by atoms with E-state index in [0.29, 0.717) is 11.3 Å². The molecule has 1 aromatic carbocycles. The molecule has 0 spiro atoms. The lowest BCUT2D eigenvalue weighted by molar-refractivity contribution is -0.140. The first-order valence-corrected chi connectivity index (χ1v) is 11.0. The number of carbonyl (C=O) groups excluding carboxylic acids is 2. The Hall–Kier alpha value is -2.10. The summed E-state index contributed by atoms with van der Waals surface area (Å²) < 4.78 is 0. The van der Waals surface area contributed by atoms with Gasteiger partial charge in [0, 0.05) is 19.1 Å². The number of rotatable bonds is 3. The van der Waals surface area contributed by atoms with Gasteiger partial charge in [-0.05, 0) is 56.2 Å². The van der Waals surface area contributed by atoms with Gasteiger partial charge in [-0.15, -0.1) is 0 Å². The average Bonchev–Trinajstić information content (AvgIpc) is 3.25. The third kappa shape index (κ3) is 3.49. The van der Waals surface area contributed by atoms with E-state index < -0.39 is 0 Å². The zero-order valence-corrected chi connectivity index (χ0v) is 17.3. The van der Waals surface area contributed by atoms with E-state index in [9.17, 15) is 9.59 Å². The van der Waals surface area contributed by atoms with Crippen LogP contribution in [0, 0.1) is 13.8 Å². The number of hydrogen-bond acceptors (Lipinski definition) is 3. The molecular weight excluding hydrogens is 348 g/mol. The molecule has 1 saturated carbocycles. The fourth-order valence-electron chi connectivity index (χ4n) is 4.95. The highest BCUT2D eigenvalue weighted by Gasteiger charge is 2.44.